The van der Waals surface area contributed by atoms with Gasteiger partial charge >= 0.3 is 0 Å². The first-order valence-electron chi connectivity index (χ1n) is 11.7. The summed E-state index contributed by atoms with van der Waals surface area (Å²) in [4.78, 5) is 17.1. The lowest BCUT2D eigenvalue weighted by molar-refractivity contribution is -0.114. The number of rotatable bonds is 10. The van der Waals surface area contributed by atoms with Crippen molar-refractivity contribution < 1.29 is 9.53 Å². The number of hydrazone groups is 1. The van der Waals surface area contributed by atoms with Crippen molar-refractivity contribution in [1.82, 2.24) is 5.01 Å². The van der Waals surface area contributed by atoms with Gasteiger partial charge in [0.05, 0.1) is 5.57 Å². The van der Waals surface area contributed by atoms with Crippen LogP contribution in [0.15, 0.2) is 56.5 Å². The zero-order valence-corrected chi connectivity index (χ0v) is 23.6. The van der Waals surface area contributed by atoms with Gasteiger partial charge in [0.15, 0.2) is 5.84 Å². The van der Waals surface area contributed by atoms with Crippen molar-refractivity contribution >= 4 is 78.9 Å². The molecule has 4 rings (SSSR count). The van der Waals surface area contributed by atoms with Crippen molar-refractivity contribution in [3.8, 4) is 5.75 Å². The molecule has 0 bridgehead atoms. The van der Waals surface area contributed by atoms with Crippen molar-refractivity contribution in [3.05, 3.63) is 67.6 Å². The Morgan fingerprint density at radius 3 is 2.72 bits per heavy atom. The highest BCUT2D eigenvalue weighted by atomic mass is 79.9. The number of benzene rings is 2. The molecule has 1 N–H and O–H groups in total. The van der Waals surface area contributed by atoms with Gasteiger partial charge in [-0.2, -0.15) is 15.1 Å². The molecule has 2 aliphatic heterocycles. The summed E-state index contributed by atoms with van der Waals surface area (Å²) >= 11 is 17.1. The average molecular weight is 608 g/mol. The van der Waals surface area contributed by atoms with Crippen LogP contribution < -0.4 is 4.74 Å². The molecule has 0 unspecified atom stereocenters. The number of nitrogens with zero attached hydrogens (tertiary/aromatic N) is 3. The lowest BCUT2D eigenvalue weighted by atomic mass is 10.1. The van der Waals surface area contributed by atoms with Crippen LogP contribution in [0.2, 0.25) is 10.0 Å². The maximum atomic E-state index is 12.9. The summed E-state index contributed by atoms with van der Waals surface area (Å²) in [5.41, 5.74) is 1.57. The van der Waals surface area contributed by atoms with E-state index < -0.39 is 5.91 Å². The fraction of sp³-hybridized carbons (Fsp3) is 0.308. The third-order valence-electron chi connectivity index (χ3n) is 5.66. The Labute approximate surface area is 233 Å². The predicted molar refractivity (Wildman–Crippen MR) is 153 cm³/mol. The van der Waals surface area contributed by atoms with Gasteiger partial charge in [-0.05, 0) is 61.0 Å². The molecule has 2 heterocycles. The number of thioether (sulfide) groups is 1. The highest BCUT2D eigenvalue weighted by Crippen LogP contribution is 2.33. The first kappa shape index (κ1) is 26.9. The van der Waals surface area contributed by atoms with E-state index in [2.05, 4.69) is 32.9 Å². The molecule has 0 aromatic heterocycles. The van der Waals surface area contributed by atoms with Gasteiger partial charge < -0.3 is 4.74 Å². The zero-order chi connectivity index (χ0) is 25.7. The van der Waals surface area contributed by atoms with E-state index >= 15 is 0 Å². The number of halogens is 3. The Balaban J connectivity index is 1.52. The molecule has 0 aliphatic carbocycles. The van der Waals surface area contributed by atoms with Gasteiger partial charge in [0.25, 0.3) is 5.91 Å². The normalized spacial score (nSPS) is 16.3. The monoisotopic (exact) mass is 606 g/mol. The summed E-state index contributed by atoms with van der Waals surface area (Å²) in [6.07, 6.45) is 8.27. The van der Waals surface area contributed by atoms with Crippen LogP contribution in [-0.4, -0.2) is 27.0 Å². The second-order valence-corrected chi connectivity index (χ2v) is 11.2. The molecule has 2 aromatic carbocycles. The fourth-order valence-corrected chi connectivity index (χ4v) is 5.49. The molecule has 188 valence electrons. The number of fused-ring (bicyclic) bond motifs is 1. The Morgan fingerprint density at radius 2 is 1.94 bits per heavy atom. The van der Waals surface area contributed by atoms with Gasteiger partial charge in [0, 0.05) is 25.6 Å². The van der Waals surface area contributed by atoms with E-state index in [1.807, 2.05) is 18.2 Å². The summed E-state index contributed by atoms with van der Waals surface area (Å²) in [5, 5.41) is 17.1. The number of nitrogens with one attached hydrogen (secondary N) is 1. The van der Waals surface area contributed by atoms with Gasteiger partial charge in [0.1, 0.15) is 17.4 Å². The van der Waals surface area contributed by atoms with Gasteiger partial charge in [0.2, 0.25) is 5.17 Å². The molecule has 36 heavy (non-hydrogen) atoms. The standard InChI is InChI=1S/C26H25BrCl2N4O2S/c1-2-3-4-5-6-7-23-32-33-24(30)20(25(34)31-26(33)36-23)13-17-12-18(27)9-11-22(17)35-15-16-8-10-19(28)14-21(16)29/h8-14,30H,2-7,15H2,1H3/b20-13+,30-24?. The summed E-state index contributed by atoms with van der Waals surface area (Å²) in [6, 6.07) is 10.7. The molecule has 6 nitrogen and oxygen atoms in total. The third-order valence-corrected chi connectivity index (χ3v) is 7.71. The maximum absolute atomic E-state index is 12.9. The quantitative estimate of drug-likeness (QED) is 0.217. The highest BCUT2D eigenvalue weighted by Gasteiger charge is 2.35. The van der Waals surface area contributed by atoms with E-state index in [4.69, 9.17) is 33.3 Å². The van der Waals surface area contributed by atoms with Gasteiger partial charge in [-0.15, -0.1) is 0 Å². The van der Waals surface area contributed by atoms with Crippen LogP contribution in [0.1, 0.15) is 56.6 Å². The smallest absolute Gasteiger partial charge is 0.283 e. The molecule has 0 fully saturated rings. The van der Waals surface area contributed by atoms with Gasteiger partial charge in [-0.1, -0.05) is 77.8 Å². The largest absolute Gasteiger partial charge is 0.488 e. The van der Waals surface area contributed by atoms with Gasteiger partial charge in [-0.25, -0.2) is 0 Å². The number of aliphatic imine (C=N–C) groups is 1. The van der Waals surface area contributed by atoms with Crippen molar-refractivity contribution in [2.24, 2.45) is 10.1 Å². The number of amides is 1. The zero-order valence-electron chi connectivity index (χ0n) is 19.7. The van der Waals surface area contributed by atoms with Crippen LogP contribution >= 0.6 is 50.9 Å². The first-order chi connectivity index (χ1) is 17.4. The van der Waals surface area contributed by atoms with Crippen LogP contribution in [0.25, 0.3) is 6.08 Å². The average Bonchev–Trinajstić information content (AvgIpc) is 3.25. The van der Waals surface area contributed by atoms with Crippen molar-refractivity contribution in [3.63, 3.8) is 0 Å². The van der Waals surface area contributed by atoms with Gasteiger partial charge in [-0.3, -0.25) is 10.2 Å². The summed E-state index contributed by atoms with van der Waals surface area (Å²) in [6.45, 7) is 2.41. The number of hydrogen-bond acceptors (Lipinski definition) is 5. The Kier molecular flexibility index (Phi) is 9.28. The number of carbonyl (C=O) groups is 1. The van der Waals surface area contributed by atoms with E-state index in [0.29, 0.717) is 26.5 Å². The highest BCUT2D eigenvalue weighted by molar-refractivity contribution is 9.10. The molecule has 0 saturated heterocycles. The maximum Gasteiger partial charge on any atom is 0.283 e. The number of ether oxygens (including phenoxy) is 1. The SMILES string of the molecule is CCCCCCCC1=NN2C(=N)/C(=C\c3cc(Br)ccc3OCc3ccc(Cl)cc3Cl)C(=O)N=C2S1. The van der Waals surface area contributed by atoms with Crippen molar-refractivity contribution in [2.45, 2.75) is 52.1 Å². The molecule has 1 amide bonds. The van der Waals surface area contributed by atoms with Crippen molar-refractivity contribution in [2.75, 3.05) is 0 Å². The van der Waals surface area contributed by atoms with E-state index in [1.54, 1.807) is 24.3 Å². The molecular weight excluding hydrogens is 583 g/mol. The molecule has 0 radical (unpaired) electrons. The predicted octanol–water partition coefficient (Wildman–Crippen LogP) is 8.31. The molecular formula is C26H25BrCl2N4O2S. The molecule has 10 heteroatoms. The molecule has 2 aromatic rings. The van der Waals surface area contributed by atoms with E-state index in [1.165, 1.54) is 36.0 Å². The molecule has 0 atom stereocenters. The number of amidine groups is 2. The molecule has 0 spiro atoms. The first-order valence-corrected chi connectivity index (χ1v) is 14.1. The second-order valence-electron chi connectivity index (χ2n) is 8.38. The topological polar surface area (TPSA) is 78.1 Å². The lowest BCUT2D eigenvalue weighted by Gasteiger charge is -2.20. The Morgan fingerprint density at radius 1 is 1.14 bits per heavy atom. The fourth-order valence-electron chi connectivity index (χ4n) is 3.73. The lowest BCUT2D eigenvalue weighted by Crippen LogP contribution is -2.35. The Hall–Kier alpha value is -2.13. The van der Waals surface area contributed by atoms with Crippen LogP contribution in [0.5, 0.6) is 5.75 Å². The number of carbonyl (C=O) groups excluding carboxylic acids is 1. The Bertz CT molecular complexity index is 1280. The van der Waals surface area contributed by atoms with E-state index in [9.17, 15) is 4.79 Å². The minimum Gasteiger partial charge on any atom is -0.488 e. The summed E-state index contributed by atoms with van der Waals surface area (Å²) in [5.74, 6) is 0.0779. The minimum absolute atomic E-state index is 0.00477. The minimum atomic E-state index is -0.468. The van der Waals surface area contributed by atoms with E-state index in [0.717, 1.165) is 34.3 Å². The summed E-state index contributed by atoms with van der Waals surface area (Å²) in [7, 11) is 0. The van der Waals surface area contributed by atoms with Crippen LogP contribution in [0.4, 0.5) is 0 Å². The van der Waals surface area contributed by atoms with Crippen LogP contribution in [0, 0.1) is 5.41 Å². The number of unbranched alkanes of at least 4 members (excludes halogenated alkanes) is 4. The molecule has 0 saturated carbocycles. The molecule has 2 aliphatic rings. The van der Waals surface area contributed by atoms with Crippen LogP contribution in [-0.2, 0) is 11.4 Å². The third kappa shape index (κ3) is 6.59. The van der Waals surface area contributed by atoms with E-state index in [-0.39, 0.29) is 18.0 Å². The van der Waals surface area contributed by atoms with Crippen molar-refractivity contribution in [1.29, 1.82) is 5.41 Å². The second kappa shape index (κ2) is 12.4. The number of hydrogen-bond donors (Lipinski definition) is 1. The van der Waals surface area contributed by atoms with Crippen LogP contribution in [0.3, 0.4) is 0 Å². The summed E-state index contributed by atoms with van der Waals surface area (Å²) < 4.78 is 6.84.